The zero-order chi connectivity index (χ0) is 22.5. The van der Waals surface area contributed by atoms with Crippen LogP contribution in [-0.2, 0) is 9.59 Å². The van der Waals surface area contributed by atoms with Crippen molar-refractivity contribution in [3.63, 3.8) is 0 Å². The summed E-state index contributed by atoms with van der Waals surface area (Å²) in [4.78, 5) is 27.3. The minimum Gasteiger partial charge on any atom is -0.492 e. The van der Waals surface area contributed by atoms with Crippen molar-refractivity contribution in [3.05, 3.63) is 46.5 Å². The van der Waals surface area contributed by atoms with Crippen molar-refractivity contribution in [1.82, 2.24) is 4.90 Å². The van der Waals surface area contributed by atoms with E-state index in [1.165, 1.54) is 27.9 Å². The van der Waals surface area contributed by atoms with Gasteiger partial charge in [-0.3, -0.25) is 9.59 Å². The highest BCUT2D eigenvalue weighted by molar-refractivity contribution is 5.92. The van der Waals surface area contributed by atoms with Crippen molar-refractivity contribution in [2.45, 2.75) is 58.3 Å². The van der Waals surface area contributed by atoms with Crippen molar-refractivity contribution in [2.75, 3.05) is 27.2 Å². The van der Waals surface area contributed by atoms with E-state index in [1.807, 2.05) is 14.1 Å². The molecule has 0 N–H and O–H groups in total. The third-order valence-corrected chi connectivity index (χ3v) is 8.45. The van der Waals surface area contributed by atoms with Crippen molar-refractivity contribution in [1.29, 1.82) is 0 Å². The van der Waals surface area contributed by atoms with E-state index in [1.54, 1.807) is 0 Å². The number of hydrogen-bond donors (Lipinski definition) is 0. The molecule has 0 aromatic heterocycles. The van der Waals surface area contributed by atoms with Crippen LogP contribution in [-0.4, -0.2) is 43.7 Å². The summed E-state index contributed by atoms with van der Waals surface area (Å²) in [6.45, 7) is 3.77. The van der Waals surface area contributed by atoms with Gasteiger partial charge in [-0.05, 0) is 92.5 Å². The Kier molecular flexibility index (Phi) is 5.61. The number of hydrogen-bond acceptors (Lipinski definition) is 4. The molecule has 4 aliphatic rings. The Morgan fingerprint density at radius 3 is 2.53 bits per heavy atom. The van der Waals surface area contributed by atoms with E-state index in [4.69, 9.17) is 4.74 Å². The number of fused-ring (bicyclic) bond motifs is 4. The number of carbonyl (C=O) groups is 2. The number of benzene rings is 1. The first kappa shape index (κ1) is 21.6. The molecule has 170 valence electrons. The Balaban J connectivity index is 1.54. The maximum absolute atomic E-state index is 13.0. The molecule has 0 spiro atoms. The van der Waals surface area contributed by atoms with E-state index in [9.17, 15) is 9.59 Å². The molecule has 5 rings (SSSR count). The van der Waals surface area contributed by atoms with Crippen molar-refractivity contribution < 1.29 is 14.3 Å². The number of ether oxygens (including phenoxy) is 1. The van der Waals surface area contributed by atoms with Crippen LogP contribution >= 0.6 is 0 Å². The molecule has 2 unspecified atom stereocenters. The second-order valence-electron chi connectivity index (χ2n) is 10.7. The lowest BCUT2D eigenvalue weighted by molar-refractivity contribution is -0.126. The van der Waals surface area contributed by atoms with Crippen LogP contribution in [0.4, 0.5) is 0 Å². The summed E-state index contributed by atoms with van der Waals surface area (Å²) in [5.41, 5.74) is 6.66. The molecule has 0 bridgehead atoms. The lowest BCUT2D eigenvalue weighted by Crippen LogP contribution is -2.40. The number of allylic oxidation sites excluding steroid dienone is 4. The van der Waals surface area contributed by atoms with Gasteiger partial charge in [-0.2, -0.15) is 0 Å². The highest BCUT2D eigenvalue weighted by atomic mass is 16.5. The van der Waals surface area contributed by atoms with Crippen molar-refractivity contribution in [3.8, 4) is 5.75 Å². The minimum atomic E-state index is -0.243. The SMILES string of the molecule is CN(C)CCOc1ccc(C2=C3C4=C(CCC3C3CCC(=O)[C@@]3(C)C2)CC(=O)CC4)cc1. The molecule has 1 aromatic rings. The largest absolute Gasteiger partial charge is 0.492 e. The van der Waals surface area contributed by atoms with Gasteiger partial charge in [0.1, 0.15) is 23.9 Å². The molecule has 3 atom stereocenters. The van der Waals surface area contributed by atoms with Gasteiger partial charge in [-0.15, -0.1) is 0 Å². The minimum absolute atomic E-state index is 0.243. The summed E-state index contributed by atoms with van der Waals surface area (Å²) in [5.74, 6) is 2.63. The third kappa shape index (κ3) is 3.67. The van der Waals surface area contributed by atoms with Gasteiger partial charge in [-0.25, -0.2) is 0 Å². The molecule has 1 saturated carbocycles. The second-order valence-corrected chi connectivity index (χ2v) is 10.7. The van der Waals surface area contributed by atoms with Gasteiger partial charge in [0.15, 0.2) is 0 Å². The molecule has 32 heavy (non-hydrogen) atoms. The first-order valence-electron chi connectivity index (χ1n) is 12.2. The van der Waals surface area contributed by atoms with Crippen molar-refractivity contribution >= 4 is 17.1 Å². The van der Waals surface area contributed by atoms with E-state index in [-0.39, 0.29) is 5.41 Å². The highest BCUT2D eigenvalue weighted by Crippen LogP contribution is 2.61. The summed E-state index contributed by atoms with van der Waals surface area (Å²) in [6.07, 6.45) is 6.88. The fraction of sp³-hybridized carbons (Fsp3) is 0.571. The Morgan fingerprint density at radius 1 is 1.00 bits per heavy atom. The van der Waals surface area contributed by atoms with Gasteiger partial charge < -0.3 is 9.64 Å². The summed E-state index contributed by atoms with van der Waals surface area (Å²) in [6, 6.07) is 8.49. The molecule has 0 aliphatic heterocycles. The third-order valence-electron chi connectivity index (χ3n) is 8.45. The summed E-state index contributed by atoms with van der Waals surface area (Å²) in [7, 11) is 4.09. The van der Waals surface area contributed by atoms with Gasteiger partial charge in [0.25, 0.3) is 0 Å². The Bertz CT molecular complexity index is 1000. The van der Waals surface area contributed by atoms with Gasteiger partial charge in [-0.1, -0.05) is 24.6 Å². The lowest BCUT2D eigenvalue weighted by Gasteiger charge is -2.47. The maximum Gasteiger partial charge on any atom is 0.139 e. The topological polar surface area (TPSA) is 46.6 Å². The maximum atomic E-state index is 13.0. The van der Waals surface area contributed by atoms with Crippen LogP contribution in [0.1, 0.15) is 63.9 Å². The van der Waals surface area contributed by atoms with Gasteiger partial charge in [0.2, 0.25) is 0 Å². The summed E-state index contributed by atoms with van der Waals surface area (Å²) < 4.78 is 5.91. The molecule has 1 aromatic carbocycles. The van der Waals surface area contributed by atoms with Crippen LogP contribution in [0.25, 0.3) is 5.57 Å². The normalized spacial score (nSPS) is 29.9. The van der Waals surface area contributed by atoms with Crippen LogP contribution in [0.3, 0.4) is 0 Å². The Labute approximate surface area is 191 Å². The number of ketones is 2. The molecule has 0 amide bonds. The molecular weight excluding hydrogens is 398 g/mol. The fourth-order valence-corrected chi connectivity index (χ4v) is 6.74. The lowest BCUT2D eigenvalue weighted by atomic mass is 9.56. The van der Waals surface area contributed by atoms with E-state index < -0.39 is 0 Å². The molecule has 4 aliphatic carbocycles. The summed E-state index contributed by atoms with van der Waals surface area (Å²) in [5, 5.41) is 0. The first-order chi connectivity index (χ1) is 15.4. The zero-order valence-corrected chi connectivity index (χ0v) is 19.7. The monoisotopic (exact) mass is 433 g/mol. The molecule has 1 fully saturated rings. The molecule has 4 nitrogen and oxygen atoms in total. The average molecular weight is 434 g/mol. The fourth-order valence-electron chi connectivity index (χ4n) is 6.74. The predicted molar refractivity (Wildman–Crippen MR) is 126 cm³/mol. The average Bonchev–Trinajstić information content (AvgIpc) is 3.07. The number of likely N-dealkylation sites (N-methyl/N-ethyl adjacent to an activating group) is 1. The van der Waals surface area contributed by atoms with E-state index in [2.05, 4.69) is 36.1 Å². The quantitative estimate of drug-likeness (QED) is 0.638. The summed E-state index contributed by atoms with van der Waals surface area (Å²) >= 11 is 0. The number of rotatable bonds is 5. The molecule has 0 heterocycles. The Hall–Kier alpha value is -2.20. The van der Waals surface area contributed by atoms with Gasteiger partial charge in [0, 0.05) is 31.2 Å². The van der Waals surface area contributed by atoms with Gasteiger partial charge in [0.05, 0.1) is 0 Å². The number of carbonyl (C=O) groups excluding carboxylic acids is 2. The smallest absolute Gasteiger partial charge is 0.139 e. The highest BCUT2D eigenvalue weighted by Gasteiger charge is 2.54. The number of Topliss-reactive ketones (excluding diaryl/α,β-unsaturated/α-hetero) is 2. The van der Waals surface area contributed by atoms with Crippen LogP contribution in [0, 0.1) is 17.3 Å². The zero-order valence-electron chi connectivity index (χ0n) is 19.7. The molecule has 4 heteroatoms. The van der Waals surface area contributed by atoms with Crippen LogP contribution in [0.15, 0.2) is 41.0 Å². The molecular formula is C28H35NO3. The van der Waals surface area contributed by atoms with E-state index in [0.29, 0.717) is 42.9 Å². The van der Waals surface area contributed by atoms with Crippen LogP contribution < -0.4 is 4.74 Å². The van der Waals surface area contributed by atoms with Gasteiger partial charge >= 0.3 is 0 Å². The molecule has 0 radical (unpaired) electrons. The first-order valence-corrected chi connectivity index (χ1v) is 12.2. The Morgan fingerprint density at radius 2 is 1.78 bits per heavy atom. The van der Waals surface area contributed by atoms with Crippen molar-refractivity contribution in [2.24, 2.45) is 17.3 Å². The van der Waals surface area contributed by atoms with E-state index >= 15 is 0 Å². The van der Waals surface area contributed by atoms with Crippen LogP contribution in [0.2, 0.25) is 0 Å². The molecule has 0 saturated heterocycles. The predicted octanol–water partition coefficient (Wildman–Crippen LogP) is 5.23. The van der Waals surface area contributed by atoms with Crippen LogP contribution in [0.5, 0.6) is 5.75 Å². The standard InChI is InChI=1S/C28H35NO3/c1-28-17-24(18-4-8-21(9-5-18)32-15-14-29(2)3)27-22-11-7-20(30)16-19(22)6-10-23(27)25(28)12-13-26(28)31/h4-5,8-9,23,25H,6-7,10-17H2,1-3H3/t23?,25?,28-/m0/s1. The number of nitrogens with zero attached hydrogens (tertiary/aromatic N) is 1. The second kappa shape index (κ2) is 8.30. The van der Waals surface area contributed by atoms with E-state index in [0.717, 1.165) is 50.8 Å².